The molecule has 0 amide bonds. The fourth-order valence-electron chi connectivity index (χ4n) is 2.32. The van der Waals surface area contributed by atoms with Crippen molar-refractivity contribution in [1.82, 2.24) is 14.9 Å². The molecule has 1 saturated heterocycles. The SMILES string of the molecule is [Cl][Pd+].[S-]/C(=N\N=C\c1ccccn1)N1CCN(c2ccccn2)CC1. The van der Waals surface area contributed by atoms with Gasteiger partial charge in [-0.1, -0.05) is 12.1 Å². The summed E-state index contributed by atoms with van der Waals surface area (Å²) in [6.07, 6.45) is 5.14. The van der Waals surface area contributed by atoms with Crippen LogP contribution in [0, 0.1) is 0 Å². The Morgan fingerprint density at radius 1 is 1.04 bits per heavy atom. The van der Waals surface area contributed by atoms with Crippen LogP contribution in [0.2, 0.25) is 0 Å². The van der Waals surface area contributed by atoms with Gasteiger partial charge in [0, 0.05) is 43.7 Å². The van der Waals surface area contributed by atoms with E-state index >= 15 is 0 Å². The van der Waals surface area contributed by atoms with Crippen LogP contribution in [0.25, 0.3) is 0 Å². The van der Waals surface area contributed by atoms with Crippen LogP contribution in [0.5, 0.6) is 0 Å². The predicted molar refractivity (Wildman–Crippen MR) is 101 cm³/mol. The normalized spacial score (nSPS) is 15.1. The van der Waals surface area contributed by atoms with Crippen LogP contribution in [0.3, 0.4) is 0 Å². The second-order valence-corrected chi connectivity index (χ2v) is 5.41. The zero-order valence-corrected chi connectivity index (χ0v) is 16.4. The molecule has 1 aliphatic rings. The number of amidine groups is 1. The Labute approximate surface area is 167 Å². The van der Waals surface area contributed by atoms with Crippen molar-refractivity contribution in [3.63, 3.8) is 0 Å². The Morgan fingerprint density at radius 3 is 2.32 bits per heavy atom. The van der Waals surface area contributed by atoms with Crippen molar-refractivity contribution < 1.29 is 18.2 Å². The topological polar surface area (TPSA) is 57.0 Å². The quantitative estimate of drug-likeness (QED) is 0.228. The van der Waals surface area contributed by atoms with Gasteiger partial charge in [-0.15, -0.1) is 0 Å². The van der Waals surface area contributed by atoms with E-state index in [1.54, 1.807) is 12.4 Å². The summed E-state index contributed by atoms with van der Waals surface area (Å²) in [6.45, 7) is 3.38. The largest absolute Gasteiger partial charge is 0.741 e. The molecule has 134 valence electrons. The van der Waals surface area contributed by atoms with Crippen molar-refractivity contribution >= 4 is 39.4 Å². The van der Waals surface area contributed by atoms with Crippen LogP contribution in [0.4, 0.5) is 5.82 Å². The van der Waals surface area contributed by atoms with Gasteiger partial charge in [0.05, 0.1) is 11.9 Å². The van der Waals surface area contributed by atoms with Crippen LogP contribution < -0.4 is 4.90 Å². The molecule has 0 atom stereocenters. The molecular formula is C16H17ClN6PdS. The zero-order chi connectivity index (χ0) is 17.9. The molecule has 1 fully saturated rings. The second kappa shape index (κ2) is 11.1. The third-order valence-electron chi connectivity index (χ3n) is 3.54. The van der Waals surface area contributed by atoms with E-state index in [0.29, 0.717) is 5.17 Å². The average Bonchev–Trinajstić information content (AvgIpc) is 2.71. The standard InChI is InChI=1S/C16H18N6S.ClH.Pd/c23-16(20-19-13-14-5-1-3-7-17-14)22-11-9-21(10-12-22)15-6-2-4-8-18-15;;/h1-8,13H,9-12H2,(H,20,23);1H;/q;;+2/p-2/b19-13+;;. The number of hydrogen-bond donors (Lipinski definition) is 0. The van der Waals surface area contributed by atoms with Gasteiger partial charge >= 0.3 is 27.7 Å². The van der Waals surface area contributed by atoms with Crippen molar-refractivity contribution in [2.75, 3.05) is 31.1 Å². The van der Waals surface area contributed by atoms with Gasteiger partial charge in [0.15, 0.2) is 0 Å². The van der Waals surface area contributed by atoms with Gasteiger partial charge in [0.1, 0.15) is 5.82 Å². The van der Waals surface area contributed by atoms with E-state index in [4.69, 9.17) is 12.6 Å². The van der Waals surface area contributed by atoms with E-state index in [1.165, 1.54) is 0 Å². The maximum Gasteiger partial charge on any atom is 0.128 e. The van der Waals surface area contributed by atoms with Gasteiger partial charge in [0.2, 0.25) is 0 Å². The molecule has 0 radical (unpaired) electrons. The Hall–Kier alpha value is -1.59. The molecule has 0 aromatic carbocycles. The molecule has 0 unspecified atom stereocenters. The van der Waals surface area contributed by atoms with Crippen LogP contribution >= 0.6 is 9.53 Å². The molecule has 0 spiro atoms. The number of nitrogens with zero attached hydrogens (tertiary/aromatic N) is 6. The predicted octanol–water partition coefficient (Wildman–Crippen LogP) is 2.22. The van der Waals surface area contributed by atoms with Gasteiger partial charge in [0.25, 0.3) is 0 Å². The summed E-state index contributed by atoms with van der Waals surface area (Å²) >= 11 is 7.56. The van der Waals surface area contributed by atoms with Gasteiger partial charge < -0.3 is 22.4 Å². The molecule has 3 heterocycles. The summed E-state index contributed by atoms with van der Waals surface area (Å²) < 4.78 is 0. The smallest absolute Gasteiger partial charge is 0.128 e. The maximum absolute atomic E-state index is 5.34. The minimum atomic E-state index is 0.512. The number of rotatable bonds is 3. The van der Waals surface area contributed by atoms with Crippen molar-refractivity contribution in [1.29, 1.82) is 0 Å². The van der Waals surface area contributed by atoms with Crippen molar-refractivity contribution in [3.8, 4) is 0 Å². The fraction of sp³-hybridized carbons (Fsp3) is 0.250. The van der Waals surface area contributed by atoms with Gasteiger partial charge in [-0.25, -0.2) is 4.98 Å². The first-order valence-corrected chi connectivity index (χ1v) is 9.96. The number of aromatic nitrogens is 2. The van der Waals surface area contributed by atoms with Crippen LogP contribution in [0.15, 0.2) is 59.0 Å². The number of pyridine rings is 2. The Bertz CT molecular complexity index is 678. The Balaban J connectivity index is 0.00000109. The van der Waals surface area contributed by atoms with E-state index < -0.39 is 0 Å². The number of hydrogen-bond acceptors (Lipinski definition) is 6. The molecule has 3 rings (SSSR count). The van der Waals surface area contributed by atoms with E-state index in [1.807, 2.05) is 42.6 Å². The zero-order valence-electron chi connectivity index (χ0n) is 13.3. The average molecular weight is 467 g/mol. The Morgan fingerprint density at radius 2 is 1.72 bits per heavy atom. The molecule has 6 nitrogen and oxygen atoms in total. The number of anilines is 1. The van der Waals surface area contributed by atoms with E-state index in [-0.39, 0.29) is 0 Å². The van der Waals surface area contributed by atoms with E-state index in [2.05, 4.69) is 57.7 Å². The minimum absolute atomic E-state index is 0.512. The molecule has 0 aliphatic carbocycles. The van der Waals surface area contributed by atoms with Crippen molar-refractivity contribution in [3.05, 3.63) is 54.5 Å². The summed E-state index contributed by atoms with van der Waals surface area (Å²) in [5.41, 5.74) is 0.763. The molecule has 9 heteroatoms. The molecule has 1 aliphatic heterocycles. The Kier molecular flexibility index (Phi) is 8.77. The number of halogens is 1. The maximum atomic E-state index is 5.34. The molecule has 2 aromatic rings. The molecule has 0 N–H and O–H groups in total. The third-order valence-corrected chi connectivity index (χ3v) is 3.88. The molecule has 0 saturated carbocycles. The van der Waals surface area contributed by atoms with Gasteiger partial charge in [-0.3, -0.25) is 4.98 Å². The fourth-order valence-corrected chi connectivity index (χ4v) is 2.55. The van der Waals surface area contributed by atoms with Crippen molar-refractivity contribution in [2.24, 2.45) is 10.2 Å². The van der Waals surface area contributed by atoms with E-state index in [0.717, 1.165) is 37.7 Å². The summed E-state index contributed by atoms with van der Waals surface area (Å²) in [7, 11) is 4.49. The van der Waals surface area contributed by atoms with Crippen LogP contribution in [-0.2, 0) is 30.8 Å². The summed E-state index contributed by atoms with van der Waals surface area (Å²) in [5.74, 6) is 1.00. The molecule has 0 bridgehead atoms. The third kappa shape index (κ3) is 6.33. The summed E-state index contributed by atoms with van der Waals surface area (Å²) in [6, 6.07) is 11.6. The van der Waals surface area contributed by atoms with Gasteiger partial charge in [-0.2, -0.15) is 10.2 Å². The summed E-state index contributed by atoms with van der Waals surface area (Å²) in [5, 5.41) is 8.63. The molecular weight excluding hydrogens is 450 g/mol. The van der Waals surface area contributed by atoms with Crippen molar-refractivity contribution in [2.45, 2.75) is 0 Å². The molecule has 25 heavy (non-hydrogen) atoms. The monoisotopic (exact) mass is 466 g/mol. The first-order valence-electron chi connectivity index (χ1n) is 7.55. The number of piperazine rings is 1. The van der Waals surface area contributed by atoms with E-state index in [9.17, 15) is 0 Å². The van der Waals surface area contributed by atoms with Crippen LogP contribution in [0.1, 0.15) is 5.69 Å². The minimum Gasteiger partial charge on any atom is -0.741 e. The first kappa shape index (κ1) is 19.7. The first-order chi connectivity index (χ1) is 12.3. The van der Waals surface area contributed by atoms with Gasteiger partial charge in [-0.05, 0) is 24.3 Å². The second-order valence-electron chi connectivity index (χ2n) is 5.04. The summed E-state index contributed by atoms with van der Waals surface area (Å²) in [4.78, 5) is 12.8. The molecule has 2 aromatic heterocycles. The van der Waals surface area contributed by atoms with Crippen LogP contribution in [-0.4, -0.2) is 52.4 Å².